The van der Waals surface area contributed by atoms with Crippen molar-refractivity contribution in [2.75, 3.05) is 13.2 Å². The highest BCUT2D eigenvalue weighted by atomic mass is 16.5. The van der Waals surface area contributed by atoms with Crippen molar-refractivity contribution in [1.82, 2.24) is 15.5 Å². The van der Waals surface area contributed by atoms with Crippen LogP contribution in [0.25, 0.3) is 0 Å². The van der Waals surface area contributed by atoms with Crippen LogP contribution in [-0.2, 0) is 12.0 Å². The lowest BCUT2D eigenvalue weighted by Gasteiger charge is -2.31. The van der Waals surface area contributed by atoms with Gasteiger partial charge in [0.2, 0.25) is 5.89 Å². The van der Waals surface area contributed by atoms with Crippen molar-refractivity contribution in [3.63, 3.8) is 0 Å². The molecule has 1 fully saturated rings. The van der Waals surface area contributed by atoms with Crippen LogP contribution in [0, 0.1) is 0 Å². The van der Waals surface area contributed by atoms with E-state index in [-0.39, 0.29) is 5.54 Å². The minimum Gasteiger partial charge on any atom is -0.493 e. The highest BCUT2D eigenvalue weighted by molar-refractivity contribution is 5.20. The van der Waals surface area contributed by atoms with Gasteiger partial charge in [-0.1, -0.05) is 23.4 Å². The average Bonchev–Trinajstić information content (AvgIpc) is 2.99. The van der Waals surface area contributed by atoms with Crippen molar-refractivity contribution in [3.05, 3.63) is 42.0 Å². The molecule has 1 aliphatic heterocycles. The lowest BCUT2D eigenvalue weighted by molar-refractivity contribution is 0.206. The molecule has 0 saturated carbocycles. The number of benzene rings is 1. The third-order valence-electron chi connectivity index (χ3n) is 3.90. The van der Waals surface area contributed by atoms with E-state index >= 15 is 0 Å². The van der Waals surface area contributed by atoms with Crippen LogP contribution in [0.5, 0.6) is 5.75 Å². The van der Waals surface area contributed by atoms with E-state index in [9.17, 15) is 0 Å². The fourth-order valence-corrected chi connectivity index (χ4v) is 2.60. The molecule has 5 nitrogen and oxygen atoms in total. The molecule has 2 aromatic rings. The first-order chi connectivity index (χ1) is 10.3. The quantitative estimate of drug-likeness (QED) is 0.916. The Kier molecular flexibility index (Phi) is 4.20. The van der Waals surface area contributed by atoms with Gasteiger partial charge in [-0.3, -0.25) is 0 Å². The van der Waals surface area contributed by atoms with E-state index in [1.165, 1.54) is 12.8 Å². The first-order valence-corrected chi connectivity index (χ1v) is 7.52. The van der Waals surface area contributed by atoms with Crippen LogP contribution in [0.1, 0.15) is 37.9 Å². The van der Waals surface area contributed by atoms with E-state index in [0.29, 0.717) is 24.7 Å². The predicted octanol–water partition coefficient (Wildman–Crippen LogP) is 2.68. The summed E-state index contributed by atoms with van der Waals surface area (Å²) in [5.41, 5.74) is -0.177. The predicted molar refractivity (Wildman–Crippen MR) is 79.1 cm³/mol. The Hall–Kier alpha value is -1.88. The Morgan fingerprint density at radius 1 is 1.29 bits per heavy atom. The number of hydrogen-bond acceptors (Lipinski definition) is 5. The summed E-state index contributed by atoms with van der Waals surface area (Å²) in [5, 5.41) is 7.54. The number of aromatic nitrogens is 2. The van der Waals surface area contributed by atoms with Crippen molar-refractivity contribution in [2.24, 2.45) is 0 Å². The Morgan fingerprint density at radius 2 is 2.14 bits per heavy atom. The van der Waals surface area contributed by atoms with E-state index < -0.39 is 0 Å². The molecule has 21 heavy (non-hydrogen) atoms. The summed E-state index contributed by atoms with van der Waals surface area (Å²) in [5.74, 6) is 2.26. The van der Waals surface area contributed by atoms with Gasteiger partial charge in [0.15, 0.2) is 5.82 Å². The molecular weight excluding hydrogens is 266 g/mol. The molecule has 0 spiro atoms. The molecule has 112 valence electrons. The molecule has 2 heterocycles. The number of piperidine rings is 1. The van der Waals surface area contributed by atoms with Crippen LogP contribution >= 0.6 is 0 Å². The summed E-state index contributed by atoms with van der Waals surface area (Å²) in [6.07, 6.45) is 4.09. The van der Waals surface area contributed by atoms with Crippen molar-refractivity contribution < 1.29 is 9.26 Å². The molecule has 0 radical (unpaired) electrons. The minimum atomic E-state index is -0.177. The lowest BCUT2D eigenvalue weighted by Crippen LogP contribution is -2.43. The van der Waals surface area contributed by atoms with E-state index in [1.807, 2.05) is 30.3 Å². The maximum absolute atomic E-state index is 5.65. The van der Waals surface area contributed by atoms with E-state index in [1.54, 1.807) is 0 Å². The van der Waals surface area contributed by atoms with Gasteiger partial charge in [0, 0.05) is 6.42 Å². The van der Waals surface area contributed by atoms with Gasteiger partial charge in [0.05, 0.1) is 12.1 Å². The van der Waals surface area contributed by atoms with Crippen LogP contribution in [0.3, 0.4) is 0 Å². The van der Waals surface area contributed by atoms with E-state index in [2.05, 4.69) is 22.4 Å². The zero-order valence-electron chi connectivity index (χ0n) is 12.3. The van der Waals surface area contributed by atoms with Crippen molar-refractivity contribution in [3.8, 4) is 5.75 Å². The van der Waals surface area contributed by atoms with Gasteiger partial charge in [-0.2, -0.15) is 4.98 Å². The van der Waals surface area contributed by atoms with Crippen molar-refractivity contribution in [2.45, 2.75) is 38.1 Å². The first-order valence-electron chi connectivity index (χ1n) is 7.52. The molecular formula is C16H21N3O2. The van der Waals surface area contributed by atoms with E-state index in [0.717, 1.165) is 18.7 Å². The summed E-state index contributed by atoms with van der Waals surface area (Å²) in [7, 11) is 0. The monoisotopic (exact) mass is 287 g/mol. The molecule has 1 N–H and O–H groups in total. The fourth-order valence-electron chi connectivity index (χ4n) is 2.60. The molecule has 0 bridgehead atoms. The molecule has 1 saturated heterocycles. The van der Waals surface area contributed by atoms with Gasteiger partial charge in [-0.15, -0.1) is 0 Å². The first kappa shape index (κ1) is 14.1. The average molecular weight is 287 g/mol. The number of rotatable bonds is 5. The standard InChI is InChI=1S/C16H21N3O2/c1-16(10-5-6-11-17-16)15-18-14(19-21-15)9-12-20-13-7-3-2-4-8-13/h2-4,7-8,17H,5-6,9-12H2,1H3. The highest BCUT2D eigenvalue weighted by Gasteiger charge is 2.33. The number of para-hydroxylation sites is 1. The maximum Gasteiger partial charge on any atom is 0.246 e. The zero-order valence-corrected chi connectivity index (χ0v) is 12.3. The normalized spacial score (nSPS) is 22.1. The number of hydrogen-bond donors (Lipinski definition) is 1. The number of ether oxygens (including phenoxy) is 1. The van der Waals surface area contributed by atoms with Gasteiger partial charge in [-0.05, 0) is 44.9 Å². The molecule has 3 rings (SSSR count). The summed E-state index contributed by atoms with van der Waals surface area (Å²) in [6, 6.07) is 9.76. The van der Waals surface area contributed by atoms with Crippen LogP contribution < -0.4 is 10.1 Å². The molecule has 1 atom stereocenters. The van der Waals surface area contributed by atoms with Gasteiger partial charge in [0.1, 0.15) is 5.75 Å². The van der Waals surface area contributed by atoms with Gasteiger partial charge in [0.25, 0.3) is 0 Å². The third-order valence-corrected chi connectivity index (χ3v) is 3.90. The molecule has 5 heteroatoms. The molecule has 1 aromatic carbocycles. The smallest absolute Gasteiger partial charge is 0.246 e. The Balaban J connectivity index is 1.55. The summed E-state index contributed by atoms with van der Waals surface area (Å²) < 4.78 is 11.1. The van der Waals surface area contributed by atoms with Gasteiger partial charge in [-0.25, -0.2) is 0 Å². The second-order valence-corrected chi connectivity index (χ2v) is 5.64. The second kappa shape index (κ2) is 6.26. The van der Waals surface area contributed by atoms with Crippen LogP contribution in [0.15, 0.2) is 34.9 Å². The summed E-state index contributed by atoms with van der Waals surface area (Å²) in [6.45, 7) is 3.68. The molecule has 1 aliphatic rings. The Bertz CT molecular complexity index is 562. The molecule has 0 aliphatic carbocycles. The van der Waals surface area contributed by atoms with E-state index in [4.69, 9.17) is 9.26 Å². The fraction of sp³-hybridized carbons (Fsp3) is 0.500. The molecule has 1 aromatic heterocycles. The largest absolute Gasteiger partial charge is 0.493 e. The highest BCUT2D eigenvalue weighted by Crippen LogP contribution is 2.28. The summed E-state index contributed by atoms with van der Waals surface area (Å²) in [4.78, 5) is 4.52. The van der Waals surface area contributed by atoms with Crippen LogP contribution in [0.4, 0.5) is 0 Å². The minimum absolute atomic E-state index is 0.177. The van der Waals surface area contributed by atoms with Crippen molar-refractivity contribution >= 4 is 0 Å². The van der Waals surface area contributed by atoms with Crippen LogP contribution in [-0.4, -0.2) is 23.3 Å². The van der Waals surface area contributed by atoms with Crippen LogP contribution in [0.2, 0.25) is 0 Å². The summed E-state index contributed by atoms with van der Waals surface area (Å²) >= 11 is 0. The molecule has 0 amide bonds. The van der Waals surface area contributed by atoms with Crippen molar-refractivity contribution in [1.29, 1.82) is 0 Å². The Morgan fingerprint density at radius 3 is 2.90 bits per heavy atom. The van der Waals surface area contributed by atoms with Gasteiger partial charge >= 0.3 is 0 Å². The molecule has 1 unspecified atom stereocenters. The van der Waals surface area contributed by atoms with Gasteiger partial charge < -0.3 is 14.6 Å². The third kappa shape index (κ3) is 3.42. The SMILES string of the molecule is CC1(c2nc(CCOc3ccccc3)no2)CCCCN1. The maximum atomic E-state index is 5.65. The zero-order chi connectivity index (χ0) is 14.5. The topological polar surface area (TPSA) is 60.2 Å². The Labute approximate surface area is 124 Å². The number of nitrogens with one attached hydrogen (secondary N) is 1. The second-order valence-electron chi connectivity index (χ2n) is 5.64. The number of nitrogens with zero attached hydrogens (tertiary/aromatic N) is 2. The lowest BCUT2D eigenvalue weighted by atomic mass is 9.91.